The summed E-state index contributed by atoms with van der Waals surface area (Å²) in [6.45, 7) is 7.47. The monoisotopic (exact) mass is 381 g/mol. The van der Waals surface area contributed by atoms with Crippen molar-refractivity contribution in [3.8, 4) is 5.75 Å². The normalized spacial score (nSPS) is 12.2. The molecule has 0 aliphatic rings. The molecule has 0 fully saturated rings. The summed E-state index contributed by atoms with van der Waals surface area (Å²) in [6, 6.07) is 6.52. The molecule has 1 N–H and O–H groups in total. The minimum atomic E-state index is -3.78. The Balaban J connectivity index is 3.06. The number of para-hydroxylation sites is 2. The Morgan fingerprint density at radius 1 is 0.833 bits per heavy atom. The Morgan fingerprint density at radius 2 is 1.33 bits per heavy atom. The molecule has 10 heteroatoms. The zero-order chi connectivity index (χ0) is 18.1. The summed E-state index contributed by atoms with van der Waals surface area (Å²) >= 11 is 0. The Hall–Kier alpha value is -0.880. The Labute approximate surface area is 143 Å². The lowest BCUT2D eigenvalue weighted by molar-refractivity contribution is 0.167. The predicted molar refractivity (Wildman–Crippen MR) is 92.4 cm³/mol. The van der Waals surface area contributed by atoms with Crippen LogP contribution in [0.1, 0.15) is 27.7 Å². The molecule has 0 radical (unpaired) electrons. The van der Waals surface area contributed by atoms with Crippen LogP contribution >= 0.6 is 15.6 Å². The minimum Gasteiger partial charge on any atom is -0.402 e. The third kappa shape index (κ3) is 6.55. The zero-order valence-electron chi connectivity index (χ0n) is 14.4. The lowest BCUT2D eigenvalue weighted by Gasteiger charge is -2.22. The molecule has 1 aromatic carbocycles. The van der Waals surface area contributed by atoms with Crippen LogP contribution in [-0.4, -0.2) is 26.4 Å². The van der Waals surface area contributed by atoms with Crippen LogP contribution < -0.4 is 9.61 Å². The summed E-state index contributed by atoms with van der Waals surface area (Å²) in [5.41, 5.74) is 0.294. The molecule has 1 aromatic rings. The fraction of sp³-hybridized carbons (Fsp3) is 0.571. The first kappa shape index (κ1) is 21.2. The van der Waals surface area contributed by atoms with E-state index in [4.69, 9.17) is 22.6 Å². The third-order valence-corrected chi connectivity index (χ3v) is 5.81. The van der Waals surface area contributed by atoms with Gasteiger partial charge in [0.25, 0.3) is 0 Å². The third-order valence-electron chi connectivity index (χ3n) is 2.53. The molecule has 0 heterocycles. The fourth-order valence-corrected chi connectivity index (χ4v) is 4.33. The Kier molecular flexibility index (Phi) is 8.98. The SMILES string of the molecule is CCOP(=O)(Nc1ccccc1OP(=O)(OCC)OCC)OCC. The van der Waals surface area contributed by atoms with Gasteiger partial charge in [0, 0.05) is 0 Å². The maximum absolute atomic E-state index is 12.6. The van der Waals surface area contributed by atoms with Gasteiger partial charge in [-0.2, -0.15) is 0 Å². The fourth-order valence-electron chi connectivity index (χ4n) is 1.75. The van der Waals surface area contributed by atoms with E-state index in [9.17, 15) is 9.13 Å². The number of benzene rings is 1. The van der Waals surface area contributed by atoms with E-state index in [0.717, 1.165) is 0 Å². The highest BCUT2D eigenvalue weighted by molar-refractivity contribution is 7.55. The van der Waals surface area contributed by atoms with Gasteiger partial charge >= 0.3 is 15.6 Å². The Bertz CT molecular complexity index is 525. The van der Waals surface area contributed by atoms with Gasteiger partial charge in [-0.05, 0) is 39.8 Å². The number of hydrogen-bond donors (Lipinski definition) is 1. The first-order valence-electron chi connectivity index (χ1n) is 7.77. The van der Waals surface area contributed by atoms with Crippen molar-refractivity contribution in [2.75, 3.05) is 31.5 Å². The van der Waals surface area contributed by atoms with Crippen LogP contribution in [0.4, 0.5) is 5.69 Å². The molecule has 1 rings (SSSR count). The molecule has 0 saturated carbocycles. The van der Waals surface area contributed by atoms with Gasteiger partial charge in [-0.1, -0.05) is 12.1 Å². The van der Waals surface area contributed by atoms with E-state index < -0.39 is 15.6 Å². The van der Waals surface area contributed by atoms with Crippen molar-refractivity contribution < 1.29 is 31.7 Å². The predicted octanol–water partition coefficient (Wildman–Crippen LogP) is 4.84. The van der Waals surface area contributed by atoms with Crippen LogP contribution in [0.3, 0.4) is 0 Å². The van der Waals surface area contributed by atoms with Crippen LogP contribution in [0, 0.1) is 0 Å². The lowest BCUT2D eigenvalue weighted by atomic mass is 10.3. The molecule has 24 heavy (non-hydrogen) atoms. The second-order valence-corrected chi connectivity index (χ2v) is 7.64. The van der Waals surface area contributed by atoms with Crippen molar-refractivity contribution in [3.05, 3.63) is 24.3 Å². The Morgan fingerprint density at radius 3 is 1.83 bits per heavy atom. The van der Waals surface area contributed by atoms with Gasteiger partial charge in [-0.15, -0.1) is 0 Å². The standard InChI is InChI=1S/C14H25NO7P2/c1-5-18-23(16,19-6-2)15-13-11-9-10-12-14(13)22-24(17,20-7-3)21-8-4/h9-12H,5-8H2,1-4H3,(H,15,16). The molecule has 0 aliphatic carbocycles. The number of phosphoric ester groups is 1. The molecule has 138 valence electrons. The molecule has 0 aromatic heterocycles. The minimum absolute atomic E-state index is 0.155. The van der Waals surface area contributed by atoms with Gasteiger partial charge in [0.15, 0.2) is 5.75 Å². The van der Waals surface area contributed by atoms with E-state index in [1.54, 1.807) is 52.0 Å². The van der Waals surface area contributed by atoms with Gasteiger partial charge in [0.05, 0.1) is 32.1 Å². The number of rotatable bonds is 12. The molecule has 0 saturated heterocycles. The molecular weight excluding hydrogens is 356 g/mol. The summed E-state index contributed by atoms with van der Waals surface area (Å²) < 4.78 is 51.2. The molecular formula is C14H25NO7P2. The molecule has 0 unspecified atom stereocenters. The van der Waals surface area contributed by atoms with Crippen molar-refractivity contribution in [1.82, 2.24) is 0 Å². The lowest BCUT2D eigenvalue weighted by Crippen LogP contribution is -2.07. The molecule has 8 nitrogen and oxygen atoms in total. The molecule has 0 aliphatic heterocycles. The van der Waals surface area contributed by atoms with Crippen molar-refractivity contribution in [1.29, 1.82) is 0 Å². The number of phosphoric acid groups is 1. The van der Waals surface area contributed by atoms with Gasteiger partial charge < -0.3 is 4.52 Å². The highest BCUT2D eigenvalue weighted by Gasteiger charge is 2.30. The van der Waals surface area contributed by atoms with Crippen molar-refractivity contribution in [3.63, 3.8) is 0 Å². The summed E-state index contributed by atoms with van der Waals surface area (Å²) in [6.07, 6.45) is 0. The van der Waals surface area contributed by atoms with Gasteiger partial charge in [0.1, 0.15) is 0 Å². The summed E-state index contributed by atoms with van der Waals surface area (Å²) in [7, 11) is -7.34. The molecule has 0 atom stereocenters. The summed E-state index contributed by atoms with van der Waals surface area (Å²) in [5.74, 6) is 0.155. The van der Waals surface area contributed by atoms with Gasteiger partial charge in [0.2, 0.25) is 0 Å². The second-order valence-electron chi connectivity index (χ2n) is 4.32. The average Bonchev–Trinajstić information content (AvgIpc) is 2.50. The van der Waals surface area contributed by atoms with Crippen molar-refractivity contribution >= 4 is 21.3 Å². The van der Waals surface area contributed by atoms with Crippen molar-refractivity contribution in [2.24, 2.45) is 0 Å². The van der Waals surface area contributed by atoms with E-state index >= 15 is 0 Å². The zero-order valence-corrected chi connectivity index (χ0v) is 16.2. The van der Waals surface area contributed by atoms with Crippen LogP contribution in [0.2, 0.25) is 0 Å². The second kappa shape index (κ2) is 10.2. The molecule has 0 bridgehead atoms. The quantitative estimate of drug-likeness (QED) is 0.514. The smallest absolute Gasteiger partial charge is 0.402 e. The molecule has 0 spiro atoms. The largest absolute Gasteiger partial charge is 0.530 e. The van der Waals surface area contributed by atoms with E-state index in [1.165, 1.54) is 0 Å². The average molecular weight is 381 g/mol. The molecule has 0 amide bonds. The van der Waals surface area contributed by atoms with Crippen LogP contribution in [0.15, 0.2) is 24.3 Å². The number of anilines is 1. The van der Waals surface area contributed by atoms with Crippen LogP contribution in [-0.2, 0) is 27.2 Å². The van der Waals surface area contributed by atoms with Crippen LogP contribution in [0.5, 0.6) is 5.75 Å². The maximum atomic E-state index is 12.6. The summed E-state index contributed by atoms with van der Waals surface area (Å²) in [5, 5.41) is 2.69. The van der Waals surface area contributed by atoms with Crippen molar-refractivity contribution in [2.45, 2.75) is 27.7 Å². The van der Waals surface area contributed by atoms with E-state index in [0.29, 0.717) is 5.69 Å². The first-order valence-corrected chi connectivity index (χ1v) is 10.8. The first-order chi connectivity index (χ1) is 11.4. The van der Waals surface area contributed by atoms with Gasteiger partial charge in [-0.3, -0.25) is 23.2 Å². The number of nitrogens with one attached hydrogen (secondary N) is 1. The van der Waals surface area contributed by atoms with Gasteiger partial charge in [-0.25, -0.2) is 9.13 Å². The van der Waals surface area contributed by atoms with E-state index in [1.807, 2.05) is 0 Å². The van der Waals surface area contributed by atoms with Crippen LogP contribution in [0.25, 0.3) is 0 Å². The number of hydrogen-bond acceptors (Lipinski definition) is 7. The van der Waals surface area contributed by atoms with E-state index in [-0.39, 0.29) is 32.2 Å². The highest BCUT2D eigenvalue weighted by Crippen LogP contribution is 2.54. The maximum Gasteiger partial charge on any atom is 0.530 e. The topological polar surface area (TPSA) is 92.3 Å². The highest BCUT2D eigenvalue weighted by atomic mass is 31.2. The van der Waals surface area contributed by atoms with E-state index in [2.05, 4.69) is 5.09 Å². The summed E-state index contributed by atoms with van der Waals surface area (Å²) in [4.78, 5) is 0.